The minimum absolute atomic E-state index is 1.05. The van der Waals surface area contributed by atoms with Crippen LogP contribution in [0.1, 0.15) is 128 Å². The molecule has 0 aromatic heterocycles. The Morgan fingerprint density at radius 3 is 1.17 bits per heavy atom. The van der Waals surface area contributed by atoms with Gasteiger partial charge in [-0.3, -0.25) is 0 Å². The summed E-state index contributed by atoms with van der Waals surface area (Å²) < 4.78 is 0. The van der Waals surface area contributed by atoms with Gasteiger partial charge in [0.2, 0.25) is 0 Å². The molecular formula is C24H44. The van der Waals surface area contributed by atoms with E-state index in [9.17, 15) is 0 Å². The lowest BCUT2D eigenvalue weighted by atomic mass is 9.84. The zero-order valence-corrected chi connectivity index (χ0v) is 16.5. The first kappa shape index (κ1) is 20.3. The molecule has 0 saturated heterocycles. The van der Waals surface area contributed by atoms with Gasteiger partial charge in [0.05, 0.1) is 0 Å². The van der Waals surface area contributed by atoms with E-state index in [2.05, 4.69) is 12.8 Å². The minimum atomic E-state index is 1.05. The standard InChI is InChI=1S/C24H44/c1-2-6-10-14-18-23(17-13-9-5-1)21-22-24-19-15-11-7-3-4-8-12-16-20-24/h1,3,23-24H,2,4-22H2. The lowest BCUT2D eigenvalue weighted by Gasteiger charge is -2.21. The molecule has 0 N–H and O–H groups in total. The predicted molar refractivity (Wildman–Crippen MR) is 108 cm³/mol. The molecule has 0 aliphatic heterocycles. The SMILES string of the molecule is [CH]1CCCCCC(CCC2CCCC[CH]CCCCC2)CCCC1. The zero-order chi connectivity index (χ0) is 16.7. The fourth-order valence-corrected chi connectivity index (χ4v) is 4.87. The van der Waals surface area contributed by atoms with E-state index in [-0.39, 0.29) is 0 Å². The van der Waals surface area contributed by atoms with Crippen LogP contribution < -0.4 is 0 Å². The summed E-state index contributed by atoms with van der Waals surface area (Å²) in [5.41, 5.74) is 0. The Kier molecular flexibility index (Phi) is 12.0. The van der Waals surface area contributed by atoms with Gasteiger partial charge in [-0.05, 0) is 24.7 Å². The summed E-state index contributed by atoms with van der Waals surface area (Å²) >= 11 is 0. The largest absolute Gasteiger partial charge is 0.0533 e. The van der Waals surface area contributed by atoms with E-state index in [1.807, 2.05) is 0 Å². The van der Waals surface area contributed by atoms with Gasteiger partial charge in [-0.15, -0.1) is 0 Å². The average Bonchev–Trinajstić information content (AvgIpc) is 2.70. The molecule has 2 aliphatic carbocycles. The molecule has 0 nitrogen and oxygen atoms in total. The van der Waals surface area contributed by atoms with E-state index in [1.54, 1.807) is 12.8 Å². The minimum Gasteiger partial charge on any atom is -0.0533 e. The van der Waals surface area contributed by atoms with Gasteiger partial charge in [0.15, 0.2) is 0 Å². The van der Waals surface area contributed by atoms with Gasteiger partial charge in [-0.25, -0.2) is 0 Å². The maximum absolute atomic E-state index is 2.56. The lowest BCUT2D eigenvalue weighted by Crippen LogP contribution is -2.07. The van der Waals surface area contributed by atoms with Crippen molar-refractivity contribution in [3.8, 4) is 0 Å². The molecule has 0 bridgehead atoms. The Bertz CT molecular complexity index is 217. The second-order valence-corrected chi connectivity index (χ2v) is 8.73. The predicted octanol–water partition coefficient (Wildman–Crippen LogP) is 8.46. The van der Waals surface area contributed by atoms with Gasteiger partial charge in [0, 0.05) is 0 Å². The zero-order valence-electron chi connectivity index (χ0n) is 16.5. The molecule has 0 heterocycles. The molecule has 0 aromatic carbocycles. The van der Waals surface area contributed by atoms with Crippen molar-refractivity contribution in [2.45, 2.75) is 128 Å². The second kappa shape index (κ2) is 14.2. The highest BCUT2D eigenvalue weighted by Gasteiger charge is 2.15. The molecule has 140 valence electrons. The molecule has 2 saturated carbocycles. The summed E-state index contributed by atoms with van der Waals surface area (Å²) in [6, 6.07) is 0. The van der Waals surface area contributed by atoms with Crippen molar-refractivity contribution in [1.29, 1.82) is 0 Å². The fraction of sp³-hybridized carbons (Fsp3) is 0.917. The van der Waals surface area contributed by atoms with E-state index in [0.29, 0.717) is 0 Å². The topological polar surface area (TPSA) is 0 Å². The molecule has 0 amide bonds. The van der Waals surface area contributed by atoms with Crippen LogP contribution in [0.4, 0.5) is 0 Å². The van der Waals surface area contributed by atoms with Crippen molar-refractivity contribution in [3.05, 3.63) is 12.8 Å². The third-order valence-corrected chi connectivity index (χ3v) is 6.57. The van der Waals surface area contributed by atoms with Crippen molar-refractivity contribution in [1.82, 2.24) is 0 Å². The number of hydrogen-bond donors (Lipinski definition) is 0. The van der Waals surface area contributed by atoms with E-state index in [1.165, 1.54) is 116 Å². The van der Waals surface area contributed by atoms with E-state index < -0.39 is 0 Å². The van der Waals surface area contributed by atoms with Crippen molar-refractivity contribution >= 4 is 0 Å². The molecule has 2 atom stereocenters. The summed E-state index contributed by atoms with van der Waals surface area (Å²) in [5, 5.41) is 0. The summed E-state index contributed by atoms with van der Waals surface area (Å²) in [7, 11) is 0. The molecule has 0 heteroatoms. The van der Waals surface area contributed by atoms with Gasteiger partial charge < -0.3 is 0 Å². The molecule has 2 radical (unpaired) electrons. The molecule has 2 unspecified atom stereocenters. The summed E-state index contributed by atoms with van der Waals surface area (Å²) in [4.78, 5) is 0. The van der Waals surface area contributed by atoms with Crippen molar-refractivity contribution in [2.75, 3.05) is 0 Å². The molecular weight excluding hydrogens is 288 g/mol. The third kappa shape index (κ3) is 10.1. The normalized spacial score (nSPS) is 25.5. The van der Waals surface area contributed by atoms with Crippen LogP contribution in [0, 0.1) is 24.7 Å². The number of rotatable bonds is 3. The molecule has 24 heavy (non-hydrogen) atoms. The van der Waals surface area contributed by atoms with E-state index in [4.69, 9.17) is 0 Å². The molecule has 0 spiro atoms. The smallest absolute Gasteiger partial charge is 0.0386 e. The van der Waals surface area contributed by atoms with Crippen LogP contribution >= 0.6 is 0 Å². The van der Waals surface area contributed by atoms with Crippen LogP contribution in [-0.2, 0) is 0 Å². The maximum Gasteiger partial charge on any atom is -0.0386 e. The van der Waals surface area contributed by atoms with Crippen LogP contribution in [0.15, 0.2) is 0 Å². The van der Waals surface area contributed by atoms with Crippen molar-refractivity contribution in [3.63, 3.8) is 0 Å². The molecule has 0 aromatic rings. The van der Waals surface area contributed by atoms with Gasteiger partial charge >= 0.3 is 0 Å². The quantitative estimate of drug-likeness (QED) is 0.486. The highest BCUT2D eigenvalue weighted by Crippen LogP contribution is 2.30. The Balaban J connectivity index is 1.69. The van der Waals surface area contributed by atoms with Gasteiger partial charge in [-0.1, -0.05) is 128 Å². The lowest BCUT2D eigenvalue weighted by molar-refractivity contribution is 0.314. The van der Waals surface area contributed by atoms with Crippen LogP contribution in [0.3, 0.4) is 0 Å². The van der Waals surface area contributed by atoms with Crippen LogP contribution in [0.25, 0.3) is 0 Å². The summed E-state index contributed by atoms with van der Waals surface area (Å²) in [6.07, 6.45) is 34.6. The Morgan fingerprint density at radius 1 is 0.417 bits per heavy atom. The first-order valence-electron chi connectivity index (χ1n) is 11.6. The fourth-order valence-electron chi connectivity index (χ4n) is 4.87. The van der Waals surface area contributed by atoms with Crippen LogP contribution in [0.5, 0.6) is 0 Å². The summed E-state index contributed by atoms with van der Waals surface area (Å²) in [6.45, 7) is 0. The van der Waals surface area contributed by atoms with Gasteiger partial charge in [0.1, 0.15) is 0 Å². The second-order valence-electron chi connectivity index (χ2n) is 8.73. The van der Waals surface area contributed by atoms with Gasteiger partial charge in [-0.2, -0.15) is 0 Å². The molecule has 2 aliphatic rings. The van der Waals surface area contributed by atoms with Crippen LogP contribution in [-0.4, -0.2) is 0 Å². The highest BCUT2D eigenvalue weighted by atomic mass is 14.2. The maximum atomic E-state index is 2.56. The monoisotopic (exact) mass is 332 g/mol. The Labute approximate surface area is 153 Å². The summed E-state index contributed by atoms with van der Waals surface area (Å²) in [5.74, 6) is 2.10. The molecule has 2 rings (SSSR count). The van der Waals surface area contributed by atoms with E-state index in [0.717, 1.165) is 11.8 Å². The highest BCUT2D eigenvalue weighted by molar-refractivity contribution is 4.72. The van der Waals surface area contributed by atoms with Crippen LogP contribution in [0.2, 0.25) is 0 Å². The van der Waals surface area contributed by atoms with Crippen molar-refractivity contribution in [2.24, 2.45) is 11.8 Å². The molecule has 2 fully saturated rings. The Morgan fingerprint density at radius 2 is 0.750 bits per heavy atom. The average molecular weight is 333 g/mol. The van der Waals surface area contributed by atoms with Crippen molar-refractivity contribution < 1.29 is 0 Å². The number of hydrogen-bond acceptors (Lipinski definition) is 0. The third-order valence-electron chi connectivity index (χ3n) is 6.57. The first-order chi connectivity index (χ1) is 11.9. The van der Waals surface area contributed by atoms with Gasteiger partial charge in [0.25, 0.3) is 0 Å². The first-order valence-corrected chi connectivity index (χ1v) is 11.6. The Hall–Kier alpha value is 0. The van der Waals surface area contributed by atoms with E-state index >= 15 is 0 Å².